The molecule has 1 aliphatic carbocycles. The first-order valence-electron chi connectivity index (χ1n) is 5.75. The molecule has 1 saturated carbocycles. The second-order valence-electron chi connectivity index (χ2n) is 3.94. The topological polar surface area (TPSA) is 0 Å². The van der Waals surface area contributed by atoms with E-state index in [0.29, 0.717) is 0 Å². The molecule has 0 aromatic carbocycles. The minimum atomic E-state index is 0.985. The second kappa shape index (κ2) is 6.51. The third kappa shape index (κ3) is 3.16. The maximum Gasteiger partial charge on any atom is -0.0389 e. The summed E-state index contributed by atoms with van der Waals surface area (Å²) in [6, 6.07) is 0. The van der Waals surface area contributed by atoms with Crippen molar-refractivity contribution in [2.45, 2.75) is 60.3 Å². The van der Waals surface area contributed by atoms with Crippen LogP contribution in [0.15, 0.2) is 0 Å². The van der Waals surface area contributed by atoms with Gasteiger partial charge in [-0.15, -0.1) is 0 Å². The molecule has 12 heavy (non-hydrogen) atoms. The van der Waals surface area contributed by atoms with Crippen molar-refractivity contribution in [1.82, 2.24) is 0 Å². The summed E-state index contributed by atoms with van der Waals surface area (Å²) in [5.41, 5.74) is 0. The van der Waals surface area contributed by atoms with Crippen LogP contribution in [0.25, 0.3) is 0 Å². The molecule has 1 rings (SSSR count). The van der Waals surface area contributed by atoms with Gasteiger partial charge in [0.1, 0.15) is 0 Å². The molecule has 0 heteroatoms. The van der Waals surface area contributed by atoms with Gasteiger partial charge in [-0.3, -0.25) is 0 Å². The highest BCUT2D eigenvalue weighted by molar-refractivity contribution is 4.75. The number of hydrogen-bond donors (Lipinski definition) is 0. The van der Waals surface area contributed by atoms with Crippen LogP contribution in [0, 0.1) is 17.8 Å². The maximum atomic E-state index is 2.43. The molecule has 0 N–H and O–H groups in total. The van der Waals surface area contributed by atoms with Crippen molar-refractivity contribution in [2.75, 3.05) is 0 Å². The minimum absolute atomic E-state index is 0.985. The van der Waals surface area contributed by atoms with Gasteiger partial charge >= 0.3 is 0 Å². The van der Waals surface area contributed by atoms with E-state index < -0.39 is 0 Å². The van der Waals surface area contributed by atoms with Crippen LogP contribution in [0.4, 0.5) is 0 Å². The molecule has 0 aromatic rings. The Balaban J connectivity index is 0.000000561. The van der Waals surface area contributed by atoms with E-state index in [1.54, 1.807) is 0 Å². The molecular formula is C12H26. The molecule has 0 spiro atoms. The summed E-state index contributed by atoms with van der Waals surface area (Å²) in [5.74, 6) is 3.00. The van der Waals surface area contributed by atoms with Crippen molar-refractivity contribution in [3.8, 4) is 0 Å². The van der Waals surface area contributed by atoms with E-state index in [9.17, 15) is 0 Å². The summed E-state index contributed by atoms with van der Waals surface area (Å²) in [7, 11) is 0. The Bertz CT molecular complexity index is 96.2. The summed E-state index contributed by atoms with van der Waals surface area (Å²) in [6.07, 6.45) is 5.83. The summed E-state index contributed by atoms with van der Waals surface area (Å²) in [4.78, 5) is 0. The van der Waals surface area contributed by atoms with Gasteiger partial charge in [-0.1, -0.05) is 60.3 Å². The normalized spacial score (nSPS) is 35.2. The van der Waals surface area contributed by atoms with Gasteiger partial charge in [0.2, 0.25) is 0 Å². The van der Waals surface area contributed by atoms with Crippen LogP contribution in [0.2, 0.25) is 0 Å². The fourth-order valence-corrected chi connectivity index (χ4v) is 2.27. The lowest BCUT2D eigenvalue weighted by atomic mass is 9.73. The van der Waals surface area contributed by atoms with Gasteiger partial charge in [-0.25, -0.2) is 0 Å². The quantitative estimate of drug-likeness (QED) is 0.543. The summed E-state index contributed by atoms with van der Waals surface area (Å²) >= 11 is 0. The fourth-order valence-electron chi connectivity index (χ4n) is 2.27. The molecule has 3 atom stereocenters. The Morgan fingerprint density at radius 1 is 1.08 bits per heavy atom. The first-order chi connectivity index (χ1) is 5.75. The second-order valence-corrected chi connectivity index (χ2v) is 3.94. The first-order valence-corrected chi connectivity index (χ1v) is 5.75. The average Bonchev–Trinajstić information content (AvgIpc) is 2.13. The Morgan fingerprint density at radius 3 is 2.08 bits per heavy atom. The zero-order valence-corrected chi connectivity index (χ0v) is 9.56. The van der Waals surface area contributed by atoms with Gasteiger partial charge in [0, 0.05) is 0 Å². The molecule has 0 aromatic heterocycles. The van der Waals surface area contributed by atoms with Crippen molar-refractivity contribution >= 4 is 0 Å². The molecule has 0 saturated heterocycles. The van der Waals surface area contributed by atoms with E-state index in [1.165, 1.54) is 25.7 Å². The van der Waals surface area contributed by atoms with E-state index in [1.807, 2.05) is 13.8 Å². The van der Waals surface area contributed by atoms with Crippen molar-refractivity contribution in [3.63, 3.8) is 0 Å². The molecule has 0 aliphatic heterocycles. The monoisotopic (exact) mass is 170 g/mol. The van der Waals surface area contributed by atoms with Crippen molar-refractivity contribution in [3.05, 3.63) is 0 Å². The molecule has 0 unspecified atom stereocenters. The van der Waals surface area contributed by atoms with Crippen LogP contribution >= 0.6 is 0 Å². The van der Waals surface area contributed by atoms with E-state index in [2.05, 4.69) is 20.8 Å². The standard InChI is InChI=1S/C10H20.C2H6/c1-4-10-7-5-6-8(2)9(10)3;1-2/h8-10H,4-7H2,1-3H3;1-2H3/t8-,9+,10-;/m1./s1. The number of rotatable bonds is 1. The summed E-state index contributed by atoms with van der Waals surface area (Å²) in [6.45, 7) is 11.2. The zero-order chi connectivity index (χ0) is 9.56. The van der Waals surface area contributed by atoms with Crippen molar-refractivity contribution in [2.24, 2.45) is 17.8 Å². The summed E-state index contributed by atoms with van der Waals surface area (Å²) < 4.78 is 0. The van der Waals surface area contributed by atoms with Crippen LogP contribution in [0.3, 0.4) is 0 Å². The lowest BCUT2D eigenvalue weighted by molar-refractivity contribution is 0.178. The van der Waals surface area contributed by atoms with E-state index in [-0.39, 0.29) is 0 Å². The van der Waals surface area contributed by atoms with Gasteiger partial charge in [0.25, 0.3) is 0 Å². The highest BCUT2D eigenvalue weighted by Crippen LogP contribution is 2.35. The lowest BCUT2D eigenvalue weighted by Gasteiger charge is -2.33. The van der Waals surface area contributed by atoms with Crippen LogP contribution < -0.4 is 0 Å². The molecule has 0 amide bonds. The van der Waals surface area contributed by atoms with Crippen LogP contribution in [-0.4, -0.2) is 0 Å². The lowest BCUT2D eigenvalue weighted by Crippen LogP contribution is -2.23. The fraction of sp³-hybridized carbons (Fsp3) is 1.00. The minimum Gasteiger partial charge on any atom is -0.0683 e. The van der Waals surface area contributed by atoms with Crippen molar-refractivity contribution in [1.29, 1.82) is 0 Å². The number of hydrogen-bond acceptors (Lipinski definition) is 0. The average molecular weight is 170 g/mol. The first kappa shape index (κ1) is 12.0. The van der Waals surface area contributed by atoms with Crippen LogP contribution in [0.5, 0.6) is 0 Å². The molecule has 0 bridgehead atoms. The predicted octanol–water partition coefficient (Wildman–Crippen LogP) is 4.49. The largest absolute Gasteiger partial charge is 0.0683 e. The Labute approximate surface area is 78.8 Å². The van der Waals surface area contributed by atoms with E-state index >= 15 is 0 Å². The Hall–Kier alpha value is 0. The van der Waals surface area contributed by atoms with E-state index in [4.69, 9.17) is 0 Å². The molecule has 1 fully saturated rings. The highest BCUT2D eigenvalue weighted by atomic mass is 14.3. The highest BCUT2D eigenvalue weighted by Gasteiger charge is 2.24. The Kier molecular flexibility index (Phi) is 6.51. The molecule has 0 heterocycles. The maximum absolute atomic E-state index is 2.43. The third-order valence-corrected chi connectivity index (χ3v) is 3.40. The van der Waals surface area contributed by atoms with Gasteiger partial charge in [0.15, 0.2) is 0 Å². The molecular weight excluding hydrogens is 144 g/mol. The summed E-state index contributed by atoms with van der Waals surface area (Å²) in [5, 5.41) is 0. The van der Waals surface area contributed by atoms with Gasteiger partial charge < -0.3 is 0 Å². The van der Waals surface area contributed by atoms with Gasteiger partial charge in [-0.2, -0.15) is 0 Å². The predicted molar refractivity (Wildman–Crippen MR) is 57.3 cm³/mol. The molecule has 0 nitrogen and oxygen atoms in total. The molecule has 1 aliphatic rings. The van der Waals surface area contributed by atoms with Crippen molar-refractivity contribution < 1.29 is 0 Å². The Morgan fingerprint density at radius 2 is 1.67 bits per heavy atom. The van der Waals surface area contributed by atoms with Gasteiger partial charge in [-0.05, 0) is 17.8 Å². The van der Waals surface area contributed by atoms with Crippen LogP contribution in [-0.2, 0) is 0 Å². The SMILES string of the molecule is CC.CC[C@@H]1CCC[C@@H](C)[C@@H]1C. The van der Waals surface area contributed by atoms with E-state index in [0.717, 1.165) is 17.8 Å². The third-order valence-electron chi connectivity index (χ3n) is 3.40. The molecule has 0 radical (unpaired) electrons. The zero-order valence-electron chi connectivity index (χ0n) is 9.56. The van der Waals surface area contributed by atoms with Crippen LogP contribution in [0.1, 0.15) is 60.3 Å². The van der Waals surface area contributed by atoms with Gasteiger partial charge in [0.05, 0.1) is 0 Å². The smallest absolute Gasteiger partial charge is 0.0389 e. The molecule has 74 valence electrons.